The smallest absolute Gasteiger partial charge is 0.257 e. The molecule has 0 saturated carbocycles. The Morgan fingerprint density at radius 2 is 1.89 bits per heavy atom. The Kier molecular flexibility index (Phi) is 7.72. The highest BCUT2D eigenvalue weighted by molar-refractivity contribution is 8.01. The first-order chi connectivity index (χ1) is 17.0. The van der Waals surface area contributed by atoms with Crippen molar-refractivity contribution >= 4 is 44.2 Å². The molecule has 4 rings (SSSR count). The molecule has 36 heavy (non-hydrogen) atoms. The molecule has 0 spiro atoms. The fourth-order valence-corrected chi connectivity index (χ4v) is 6.68. The summed E-state index contributed by atoms with van der Waals surface area (Å²) in [5, 5.41) is 22.2. The Bertz CT molecular complexity index is 1360. The fraction of sp³-hybridized carbons (Fsp3) is 0.375. The number of amides is 1. The van der Waals surface area contributed by atoms with E-state index in [1.54, 1.807) is 38.1 Å². The summed E-state index contributed by atoms with van der Waals surface area (Å²) in [6.45, 7) is 7.35. The van der Waals surface area contributed by atoms with Gasteiger partial charge in [-0.05, 0) is 61.9 Å². The second-order valence-electron chi connectivity index (χ2n) is 8.76. The van der Waals surface area contributed by atoms with Crippen LogP contribution in [0, 0.1) is 0 Å². The van der Waals surface area contributed by atoms with Crippen LogP contribution < -0.4 is 14.8 Å². The topological polar surface area (TPSA) is 131 Å². The van der Waals surface area contributed by atoms with Gasteiger partial charge >= 0.3 is 0 Å². The van der Waals surface area contributed by atoms with Gasteiger partial charge in [-0.1, -0.05) is 49.1 Å². The van der Waals surface area contributed by atoms with Crippen LogP contribution in [0.15, 0.2) is 51.7 Å². The number of aromatic nitrogens is 2. The molecule has 1 aliphatic rings. The summed E-state index contributed by atoms with van der Waals surface area (Å²) in [5.41, 5.74) is 0.567. The number of aliphatic hydroxyl groups is 1. The molecule has 0 aliphatic carbocycles. The number of thioether (sulfide) groups is 1. The van der Waals surface area contributed by atoms with Crippen molar-refractivity contribution in [1.82, 2.24) is 14.9 Å². The van der Waals surface area contributed by atoms with Crippen LogP contribution >= 0.6 is 23.1 Å². The van der Waals surface area contributed by atoms with Gasteiger partial charge in [-0.3, -0.25) is 10.1 Å². The van der Waals surface area contributed by atoms with Crippen LogP contribution in [-0.4, -0.2) is 47.1 Å². The lowest BCUT2D eigenvalue weighted by Crippen LogP contribution is -2.53. The maximum Gasteiger partial charge on any atom is 0.257 e. The molecule has 2 unspecified atom stereocenters. The van der Waals surface area contributed by atoms with Gasteiger partial charge in [-0.15, -0.1) is 10.2 Å². The van der Waals surface area contributed by atoms with Crippen LogP contribution in [0.4, 0.5) is 5.13 Å². The van der Waals surface area contributed by atoms with E-state index in [2.05, 4.69) is 20.2 Å². The number of anilines is 1. The fourth-order valence-electron chi connectivity index (χ4n) is 3.82. The zero-order chi connectivity index (χ0) is 26.1. The number of ether oxygens (including phenoxy) is 1. The summed E-state index contributed by atoms with van der Waals surface area (Å²) >= 11 is 2.80. The molecule has 3 aromatic rings. The lowest BCUT2D eigenvalue weighted by Gasteiger charge is -2.42. The first kappa shape index (κ1) is 26.6. The summed E-state index contributed by atoms with van der Waals surface area (Å²) in [6, 6.07) is 10.3. The van der Waals surface area contributed by atoms with E-state index in [0.29, 0.717) is 16.4 Å². The van der Waals surface area contributed by atoms with Crippen molar-refractivity contribution in [1.29, 1.82) is 0 Å². The number of rotatable bonds is 8. The highest BCUT2D eigenvalue weighted by Crippen LogP contribution is 2.41. The van der Waals surface area contributed by atoms with Crippen LogP contribution in [0.2, 0.25) is 0 Å². The Morgan fingerprint density at radius 3 is 2.56 bits per heavy atom. The third kappa shape index (κ3) is 5.57. The molecular formula is C24H28N4O5S3. The van der Waals surface area contributed by atoms with Crippen molar-refractivity contribution in [2.45, 2.75) is 61.1 Å². The zero-order valence-electron chi connectivity index (χ0n) is 20.3. The van der Waals surface area contributed by atoms with Gasteiger partial charge in [0.05, 0.1) is 10.9 Å². The van der Waals surface area contributed by atoms with Gasteiger partial charge in [0.1, 0.15) is 17.5 Å². The molecule has 2 atom stereocenters. The lowest BCUT2D eigenvalue weighted by atomic mass is 9.86. The SMILES string of the molecule is CCSc1nnc(NC(=O)c2ccc3c(c2)C(NS(=O)(=O)c2ccc(CC)cc2)C(O)C(C)(C)O3)s1. The molecule has 0 radical (unpaired) electrons. The lowest BCUT2D eigenvalue weighted by molar-refractivity contribution is -0.0603. The molecule has 0 bridgehead atoms. The maximum atomic E-state index is 13.2. The number of aliphatic hydroxyl groups excluding tert-OH is 1. The van der Waals surface area contributed by atoms with Crippen molar-refractivity contribution in [3.05, 3.63) is 59.2 Å². The van der Waals surface area contributed by atoms with E-state index in [1.165, 1.54) is 41.3 Å². The Hall–Kier alpha value is -2.51. The number of nitrogens with zero attached hydrogens (tertiary/aromatic N) is 2. The van der Waals surface area contributed by atoms with Gasteiger partial charge in [0.2, 0.25) is 15.2 Å². The largest absolute Gasteiger partial charge is 0.485 e. The Labute approximate surface area is 218 Å². The van der Waals surface area contributed by atoms with E-state index < -0.39 is 33.7 Å². The van der Waals surface area contributed by atoms with E-state index in [1.807, 2.05) is 13.8 Å². The van der Waals surface area contributed by atoms with E-state index >= 15 is 0 Å². The number of sulfonamides is 1. The van der Waals surface area contributed by atoms with E-state index in [9.17, 15) is 18.3 Å². The van der Waals surface area contributed by atoms with E-state index in [0.717, 1.165) is 22.1 Å². The Balaban J connectivity index is 1.64. The Morgan fingerprint density at radius 1 is 1.17 bits per heavy atom. The average molecular weight is 549 g/mol. The van der Waals surface area contributed by atoms with Gasteiger partial charge in [0, 0.05) is 11.1 Å². The van der Waals surface area contributed by atoms with Crippen molar-refractivity contribution in [2.75, 3.05) is 11.1 Å². The molecular weight excluding hydrogens is 520 g/mol. The third-order valence-corrected chi connectivity index (χ3v) is 9.14. The van der Waals surface area contributed by atoms with Gasteiger partial charge in [0.15, 0.2) is 4.34 Å². The number of fused-ring (bicyclic) bond motifs is 1. The zero-order valence-corrected chi connectivity index (χ0v) is 22.8. The molecule has 192 valence electrons. The van der Waals surface area contributed by atoms with Gasteiger partial charge in [0.25, 0.3) is 5.91 Å². The quantitative estimate of drug-likeness (QED) is 0.284. The number of benzene rings is 2. The summed E-state index contributed by atoms with van der Waals surface area (Å²) in [4.78, 5) is 13.0. The molecule has 1 aromatic heterocycles. The number of aryl methyl sites for hydroxylation is 1. The van der Waals surface area contributed by atoms with Crippen molar-refractivity contribution < 1.29 is 23.1 Å². The molecule has 2 heterocycles. The second kappa shape index (κ2) is 10.5. The standard InChI is InChI=1S/C24H28N4O5S3/c1-5-14-7-10-16(11-8-14)36(31,32)28-19-17-13-15(9-12-18(17)33-24(3,4)20(19)29)21(30)25-22-26-27-23(35-22)34-6-2/h7-13,19-20,28-29H,5-6H2,1-4H3,(H,25,26,30). The molecule has 2 aromatic carbocycles. The van der Waals surface area contributed by atoms with Crippen molar-refractivity contribution in [3.63, 3.8) is 0 Å². The molecule has 0 saturated heterocycles. The molecule has 1 aliphatic heterocycles. The van der Waals surface area contributed by atoms with Crippen LogP contribution in [-0.2, 0) is 16.4 Å². The van der Waals surface area contributed by atoms with Crippen LogP contribution in [0.25, 0.3) is 0 Å². The first-order valence-corrected chi connectivity index (χ1v) is 14.7. The summed E-state index contributed by atoms with van der Waals surface area (Å²) in [7, 11) is -3.98. The molecule has 1 amide bonds. The van der Waals surface area contributed by atoms with Crippen LogP contribution in [0.3, 0.4) is 0 Å². The highest BCUT2D eigenvalue weighted by atomic mass is 32.2. The number of carbonyl (C=O) groups is 1. The van der Waals surface area contributed by atoms with Gasteiger partial charge in [-0.2, -0.15) is 0 Å². The molecule has 3 N–H and O–H groups in total. The van der Waals surface area contributed by atoms with Gasteiger partial charge < -0.3 is 9.84 Å². The minimum atomic E-state index is -3.98. The summed E-state index contributed by atoms with van der Waals surface area (Å²) in [6.07, 6.45) is -0.431. The van der Waals surface area contributed by atoms with Crippen LogP contribution in [0.1, 0.15) is 55.2 Å². The van der Waals surface area contributed by atoms with E-state index in [-0.39, 0.29) is 10.5 Å². The average Bonchev–Trinajstić information content (AvgIpc) is 3.28. The maximum absolute atomic E-state index is 13.2. The minimum absolute atomic E-state index is 0.0867. The normalized spacial score (nSPS) is 18.8. The highest BCUT2D eigenvalue weighted by Gasteiger charge is 2.44. The number of hydrogen-bond donors (Lipinski definition) is 3. The number of nitrogens with one attached hydrogen (secondary N) is 2. The second-order valence-corrected chi connectivity index (χ2v) is 13.0. The van der Waals surface area contributed by atoms with Gasteiger partial charge in [-0.25, -0.2) is 13.1 Å². The molecule has 12 heteroatoms. The third-order valence-electron chi connectivity index (χ3n) is 5.83. The number of hydrogen-bond acceptors (Lipinski definition) is 9. The predicted octanol–water partition coefficient (Wildman–Crippen LogP) is 4.02. The van der Waals surface area contributed by atoms with E-state index in [4.69, 9.17) is 4.74 Å². The van der Waals surface area contributed by atoms with Crippen molar-refractivity contribution in [3.8, 4) is 5.75 Å². The monoisotopic (exact) mass is 548 g/mol. The summed E-state index contributed by atoms with van der Waals surface area (Å²) in [5.74, 6) is 0.790. The first-order valence-electron chi connectivity index (χ1n) is 11.4. The van der Waals surface area contributed by atoms with Crippen molar-refractivity contribution in [2.24, 2.45) is 0 Å². The molecule has 9 nitrogen and oxygen atoms in total. The molecule has 0 fully saturated rings. The summed E-state index contributed by atoms with van der Waals surface area (Å²) < 4.78 is 35.8. The minimum Gasteiger partial charge on any atom is -0.485 e. The number of carbonyl (C=O) groups excluding carboxylic acids is 1. The van der Waals surface area contributed by atoms with Crippen LogP contribution in [0.5, 0.6) is 5.75 Å². The predicted molar refractivity (Wildman–Crippen MR) is 140 cm³/mol.